The van der Waals surface area contributed by atoms with Crippen LogP contribution in [-0.2, 0) is 71.3 Å². The summed E-state index contributed by atoms with van der Waals surface area (Å²) in [6.45, 7) is 25.4. The monoisotopic (exact) mass is 1220 g/mol. The average molecular weight is 1220 g/mol. The zero-order valence-corrected chi connectivity index (χ0v) is 53.9. The van der Waals surface area contributed by atoms with Gasteiger partial charge < -0.3 is 67.4 Å². The number of carbonyl (C=O) groups excluding carboxylic acids is 6. The minimum absolute atomic E-state index is 0.0731. The summed E-state index contributed by atoms with van der Waals surface area (Å²) in [5.74, 6) is 0.372. The van der Waals surface area contributed by atoms with Gasteiger partial charge >= 0.3 is 36.2 Å². The van der Waals surface area contributed by atoms with Gasteiger partial charge in [0.05, 0.1) is 59.7 Å². The molecular weight excluding hydrogens is 1120 g/mol. The zero-order chi connectivity index (χ0) is 60.7. The first-order valence-electron chi connectivity index (χ1n) is 27.9. The molecule has 7 unspecified atom stereocenters. The molecule has 0 radical (unpaired) electrons. The standard InChI is InChI=1S/C56H98O20S4/c1-16-52(11,64)32-48(7,41(58)67-28-30-69-43(60)50(9)37-77-78-38-50)35-71-45(62)75-54(13,18-3)21-24-66-25-22-56(15,34-57)74-26-20-47(5,6)73-27-23-55(14,19-4)76-46(63)72-36-49(8,33-53(12,65)17-2)42(59)68-29-31-70-44(61)51(10)39-79-80-40-51/h57,64-65H,16-40H2,1-15H3. The molecule has 24 heteroatoms. The van der Waals surface area contributed by atoms with Gasteiger partial charge in [0.2, 0.25) is 0 Å². The van der Waals surface area contributed by atoms with Gasteiger partial charge in [-0.2, -0.15) is 0 Å². The van der Waals surface area contributed by atoms with Gasteiger partial charge in [0.25, 0.3) is 0 Å². The molecule has 2 aliphatic rings. The number of rotatable bonds is 39. The van der Waals surface area contributed by atoms with Gasteiger partial charge in [0.15, 0.2) is 0 Å². The highest BCUT2D eigenvalue weighted by atomic mass is 33.1. The quantitative estimate of drug-likeness (QED) is 0.0224. The van der Waals surface area contributed by atoms with E-state index >= 15 is 0 Å². The fourth-order valence-corrected chi connectivity index (χ4v) is 14.7. The summed E-state index contributed by atoms with van der Waals surface area (Å²) in [7, 11) is 6.42. The summed E-state index contributed by atoms with van der Waals surface area (Å²) < 4.78 is 62.6. The van der Waals surface area contributed by atoms with Gasteiger partial charge in [-0.25, -0.2) is 9.59 Å². The van der Waals surface area contributed by atoms with Crippen molar-refractivity contribution in [3.8, 4) is 0 Å². The summed E-state index contributed by atoms with van der Waals surface area (Å²) in [6, 6.07) is 0. The smallest absolute Gasteiger partial charge is 0.462 e. The van der Waals surface area contributed by atoms with E-state index in [0.29, 0.717) is 74.4 Å². The largest absolute Gasteiger partial charge is 0.508 e. The van der Waals surface area contributed by atoms with E-state index in [2.05, 4.69) is 0 Å². The molecule has 0 amide bonds. The van der Waals surface area contributed by atoms with Crippen molar-refractivity contribution in [3.63, 3.8) is 0 Å². The van der Waals surface area contributed by atoms with Crippen molar-refractivity contribution in [1.29, 1.82) is 0 Å². The van der Waals surface area contributed by atoms with Gasteiger partial charge in [-0.1, -0.05) is 70.9 Å². The summed E-state index contributed by atoms with van der Waals surface area (Å²) in [5.41, 5.74) is -10.2. The van der Waals surface area contributed by atoms with Crippen LogP contribution in [0, 0.1) is 21.7 Å². The molecule has 0 aromatic carbocycles. The van der Waals surface area contributed by atoms with Crippen molar-refractivity contribution < 1.29 is 96.2 Å². The molecule has 3 N–H and O–H groups in total. The average Bonchev–Trinajstić information content (AvgIpc) is 4.06. The third-order valence-corrected chi connectivity index (χ3v) is 20.9. The van der Waals surface area contributed by atoms with Crippen molar-refractivity contribution in [2.45, 2.75) is 202 Å². The van der Waals surface area contributed by atoms with Crippen LogP contribution in [0.3, 0.4) is 0 Å². The third kappa shape index (κ3) is 25.4. The number of aliphatic hydroxyl groups is 3. The predicted molar refractivity (Wildman–Crippen MR) is 310 cm³/mol. The molecule has 0 spiro atoms. The van der Waals surface area contributed by atoms with Gasteiger partial charge in [-0.3, -0.25) is 19.2 Å². The van der Waals surface area contributed by atoms with Crippen molar-refractivity contribution in [1.82, 2.24) is 0 Å². The minimum atomic E-state index is -1.45. The Bertz CT molecular complexity index is 1960. The Labute approximate surface area is 492 Å². The molecule has 2 fully saturated rings. The third-order valence-electron chi connectivity index (χ3n) is 15.1. The van der Waals surface area contributed by atoms with Crippen molar-refractivity contribution in [2.24, 2.45) is 21.7 Å². The fraction of sp³-hybridized carbons (Fsp3) is 0.893. The van der Waals surface area contributed by atoms with E-state index in [1.807, 2.05) is 41.5 Å². The Hall–Kier alpha value is -2.42. The van der Waals surface area contributed by atoms with Crippen LogP contribution in [0.2, 0.25) is 0 Å². The molecule has 20 nitrogen and oxygen atoms in total. The topological polar surface area (TPSA) is 265 Å². The Kier molecular flexibility index (Phi) is 30.2. The number of carbonyl (C=O) groups is 6. The normalized spacial score (nSPS) is 20.4. The van der Waals surface area contributed by atoms with E-state index in [9.17, 15) is 44.1 Å². The first kappa shape index (κ1) is 73.7. The lowest BCUT2D eigenvalue weighted by atomic mass is 9.79. The summed E-state index contributed by atoms with van der Waals surface area (Å²) in [4.78, 5) is 78.3. The molecule has 0 aliphatic carbocycles. The second-order valence-electron chi connectivity index (χ2n) is 24.5. The second kappa shape index (κ2) is 32.7. The van der Waals surface area contributed by atoms with Crippen molar-refractivity contribution in [2.75, 3.05) is 95.7 Å². The molecule has 466 valence electrons. The molecule has 2 rings (SSSR count). The van der Waals surface area contributed by atoms with Crippen LogP contribution in [0.1, 0.15) is 168 Å². The van der Waals surface area contributed by atoms with E-state index in [1.165, 1.54) is 6.92 Å². The maximum Gasteiger partial charge on any atom is 0.508 e. The number of aliphatic hydroxyl groups excluding tert-OH is 1. The van der Waals surface area contributed by atoms with Crippen LogP contribution in [0.15, 0.2) is 0 Å². The molecule has 2 saturated heterocycles. The molecule has 0 bridgehead atoms. The van der Waals surface area contributed by atoms with Gasteiger partial charge in [0.1, 0.15) is 61.7 Å². The van der Waals surface area contributed by atoms with Crippen LogP contribution >= 0.6 is 43.2 Å². The highest BCUT2D eigenvalue weighted by Crippen LogP contribution is 2.45. The molecule has 0 saturated carbocycles. The lowest BCUT2D eigenvalue weighted by Gasteiger charge is -2.35. The van der Waals surface area contributed by atoms with E-state index in [0.717, 1.165) is 0 Å². The number of ether oxygens (including phenoxy) is 11. The number of hydrogen-bond acceptors (Lipinski definition) is 24. The van der Waals surface area contributed by atoms with E-state index in [1.54, 1.807) is 98.6 Å². The molecular formula is C56H98O20S4. The highest BCUT2D eigenvalue weighted by molar-refractivity contribution is 8.77. The molecule has 80 heavy (non-hydrogen) atoms. The molecule has 0 aromatic heterocycles. The van der Waals surface area contributed by atoms with E-state index in [4.69, 9.17) is 52.1 Å². The lowest BCUT2D eigenvalue weighted by molar-refractivity contribution is -0.168. The highest BCUT2D eigenvalue weighted by Gasteiger charge is 2.46. The van der Waals surface area contributed by atoms with Crippen LogP contribution in [0.5, 0.6) is 0 Å². The number of esters is 4. The summed E-state index contributed by atoms with van der Waals surface area (Å²) in [5, 5.41) is 32.2. The van der Waals surface area contributed by atoms with Gasteiger partial charge in [-0.05, 0) is 121 Å². The molecule has 2 aliphatic heterocycles. The Morgan fingerprint density at radius 3 is 1.16 bits per heavy atom. The summed E-state index contributed by atoms with van der Waals surface area (Å²) in [6.07, 6.45) is 0.778. The van der Waals surface area contributed by atoms with Crippen LogP contribution in [0.25, 0.3) is 0 Å². The van der Waals surface area contributed by atoms with Crippen molar-refractivity contribution in [3.05, 3.63) is 0 Å². The molecule has 2 heterocycles. The second-order valence-corrected chi connectivity index (χ2v) is 29.4. The first-order chi connectivity index (χ1) is 37.1. The Morgan fingerprint density at radius 2 is 0.800 bits per heavy atom. The number of hydrogen-bond donors (Lipinski definition) is 3. The molecule has 7 atom stereocenters. The Balaban J connectivity index is 1.83. The fourth-order valence-electron chi connectivity index (χ4n) is 8.07. The lowest BCUT2D eigenvalue weighted by Crippen LogP contribution is -2.43. The van der Waals surface area contributed by atoms with E-state index < -0.39 is 92.7 Å². The van der Waals surface area contributed by atoms with Crippen LogP contribution in [-0.4, -0.2) is 181 Å². The zero-order valence-electron chi connectivity index (χ0n) is 50.6. The minimum Gasteiger partial charge on any atom is -0.462 e. The van der Waals surface area contributed by atoms with Gasteiger partial charge in [0, 0.05) is 48.9 Å². The maximum atomic E-state index is 13.4. The van der Waals surface area contributed by atoms with Gasteiger partial charge in [-0.15, -0.1) is 0 Å². The van der Waals surface area contributed by atoms with Crippen LogP contribution in [0.4, 0.5) is 9.59 Å². The summed E-state index contributed by atoms with van der Waals surface area (Å²) >= 11 is 0. The molecule has 0 aromatic rings. The van der Waals surface area contributed by atoms with E-state index in [-0.39, 0.29) is 84.2 Å². The first-order valence-corrected chi connectivity index (χ1v) is 32.8. The maximum absolute atomic E-state index is 13.4. The van der Waals surface area contributed by atoms with Crippen LogP contribution < -0.4 is 0 Å². The SMILES string of the molecule is CCC(C)(O)CC(C)(COC(=O)OC(C)(CC)CCOCCC(C)(CO)OCCC(C)(C)OCCC(C)(CC)OC(=O)OCC(C)(CC(C)(O)CC)C(=O)OCCOC(=O)C1(C)CSSC1)C(=O)OCCOC(=O)C1(C)CSSC1. The predicted octanol–water partition coefficient (Wildman–Crippen LogP) is 9.86. The Morgan fingerprint density at radius 1 is 0.450 bits per heavy atom. The van der Waals surface area contributed by atoms with Crippen molar-refractivity contribution >= 4 is 79.4 Å².